The number of carboxylic acid groups (broad SMARTS) is 1. The molecule has 5 amide bonds. The minimum Gasteiger partial charge on any atom is -0.481 e. The number of hydrogen-bond acceptors (Lipinski definition) is 18. The van der Waals surface area contributed by atoms with Crippen LogP contribution in [0.1, 0.15) is 212 Å². The van der Waals surface area contributed by atoms with E-state index in [2.05, 4.69) is 93.6 Å². The second kappa shape index (κ2) is 41.5. The van der Waals surface area contributed by atoms with Crippen molar-refractivity contribution in [1.82, 2.24) is 45.7 Å². The third kappa shape index (κ3) is 32.0. The van der Waals surface area contributed by atoms with Crippen molar-refractivity contribution in [2.24, 2.45) is 40.4 Å². The first-order chi connectivity index (χ1) is 52.0. The number of ether oxygens (including phenoxy) is 3. The van der Waals surface area contributed by atoms with Gasteiger partial charge in [0.25, 0.3) is 0 Å². The Morgan fingerprint density at radius 2 is 0.939 bits per heavy atom. The van der Waals surface area contributed by atoms with Crippen LogP contribution in [0.15, 0.2) is 60.9 Å². The van der Waals surface area contributed by atoms with Gasteiger partial charge in [-0.05, 0) is 173 Å². The lowest BCUT2D eigenvalue weighted by molar-refractivity contribution is -0.153. The van der Waals surface area contributed by atoms with Crippen molar-refractivity contribution in [3.8, 4) is 0 Å². The number of nitrogens with zero attached hydrogens (tertiary/aromatic N) is 6. The maximum atomic E-state index is 13.7. The summed E-state index contributed by atoms with van der Waals surface area (Å²) in [5.74, 6) is -4.45. The van der Waals surface area contributed by atoms with Gasteiger partial charge in [0.2, 0.25) is 31.2 Å². The summed E-state index contributed by atoms with van der Waals surface area (Å²) >= 11 is 33.9. The number of carbonyl (C=O) groups excluding carboxylic acids is 8. The Kier molecular flexibility index (Phi) is 36.5. The molecule has 2 aliphatic rings. The molecule has 2 saturated heterocycles. The smallest absolute Gasteiger partial charge is 0.408 e. The molecule has 2 aliphatic heterocycles. The first-order valence-corrected chi connectivity index (χ1v) is 46.8. The number of allylic oxidation sites excluding steroid dienone is 1. The maximum Gasteiger partial charge on any atom is 0.408 e. The lowest BCUT2D eigenvalue weighted by Gasteiger charge is -2.38. The van der Waals surface area contributed by atoms with Gasteiger partial charge < -0.3 is 53.9 Å². The second-order valence-electron chi connectivity index (χ2n) is 35.5. The van der Waals surface area contributed by atoms with Gasteiger partial charge in [0.1, 0.15) is 54.9 Å². The number of carbonyl (C=O) groups is 9. The van der Waals surface area contributed by atoms with Gasteiger partial charge in [0.15, 0.2) is 28.3 Å². The van der Waals surface area contributed by atoms with E-state index in [4.69, 9.17) is 103 Å². The van der Waals surface area contributed by atoms with Crippen LogP contribution in [0.3, 0.4) is 0 Å². The topological polar surface area (TPSA) is 314 Å². The zero-order chi connectivity index (χ0) is 87.0. The van der Waals surface area contributed by atoms with E-state index in [0.29, 0.717) is 50.4 Å². The number of aliphatic carboxylic acids is 1. The van der Waals surface area contributed by atoms with E-state index in [1.54, 1.807) is 73.3 Å². The number of esters is 2. The zero-order valence-electron chi connectivity index (χ0n) is 71.1. The predicted molar refractivity (Wildman–Crippen MR) is 458 cm³/mol. The highest BCUT2D eigenvalue weighted by Gasteiger charge is 2.43. The number of ketones is 1. The van der Waals surface area contributed by atoms with Crippen LogP contribution in [-0.2, 0) is 61.4 Å². The van der Waals surface area contributed by atoms with Gasteiger partial charge in [-0.15, -0.1) is 0 Å². The summed E-state index contributed by atoms with van der Waals surface area (Å²) in [5.41, 5.74) is 0.889. The van der Waals surface area contributed by atoms with Gasteiger partial charge in [-0.25, -0.2) is 24.7 Å². The van der Waals surface area contributed by atoms with Crippen LogP contribution in [0.4, 0.5) is 4.79 Å². The van der Waals surface area contributed by atoms with Crippen molar-refractivity contribution >= 4 is 174 Å². The van der Waals surface area contributed by atoms with Crippen molar-refractivity contribution in [3.05, 3.63) is 83.7 Å². The molecule has 24 nitrogen and oxygen atoms in total. The Hall–Kier alpha value is -6.08. The number of likely N-dealkylation sites (tertiary alicyclic amines) is 2. The molecule has 6 rings (SSSR count). The van der Waals surface area contributed by atoms with Crippen LogP contribution in [-0.4, -0.2) is 176 Å². The van der Waals surface area contributed by atoms with Crippen LogP contribution >= 0.6 is 69.6 Å². The first-order valence-electron chi connectivity index (χ1n) is 38.7. The fraction of sp³-hybridized carbons (Fsp3) is 0.646. The first kappa shape index (κ1) is 100. The number of halogens is 6. The number of alkyl halides is 6. The van der Waals surface area contributed by atoms with Crippen molar-refractivity contribution < 1.29 is 71.3 Å². The molecule has 2 aromatic carbocycles. The Labute approximate surface area is 706 Å². The van der Waals surface area contributed by atoms with E-state index in [1.165, 1.54) is 4.90 Å². The Bertz CT molecular complexity index is 4070. The summed E-state index contributed by atoms with van der Waals surface area (Å²) in [5, 5.41) is 19.3. The van der Waals surface area contributed by atoms with Crippen molar-refractivity contribution in [3.63, 3.8) is 0 Å². The molecule has 0 radical (unpaired) electrons. The standard InChI is InChI=1S/C39H57Cl3N4O6Si.C22H32N2O3Si.C21H34Cl3N3O6/c1-24(2)30(34(48)44-25(3)35(49)46-18-12-13-29(22-46)36(50)51-23-39(40,41)42)20-32(47)38(8,9)17-16-27-14-15-28-21-43-33(45-31(28)19-27)26(4)52-53(10,11)37(5,6)7;1-15(27-28(7,8)21(2,3)4)19-23-14-17-10-9-16(13-18(17)24-19)11-12-22(5,6)20(25)26;1-12(2)15(26-19(31)33-20(4,5)6)16(28)25-13(3)17(29)27-9-7-8-14(10-27)18(30)32-11-21(22,23)24/h14-17,19,21,24-26,29-30H,12-13,18,20,22-23H2,1-11H3,(H,44,48);9-15H,1-8H3,(H,25,26);12-15H,7-11H2,1-6H3,(H,25,28)(H,26,31)/b17-16+;12-11+;/t25-,26?,29+,30-;;13-,14+,15-/m0.0/s1. The van der Waals surface area contributed by atoms with Gasteiger partial charge in [0, 0.05) is 67.1 Å². The molecular weight excluding hydrogens is 1620 g/mol. The normalized spacial score (nSPS) is 17.3. The Morgan fingerprint density at radius 1 is 0.553 bits per heavy atom. The molecule has 2 fully saturated rings. The highest BCUT2D eigenvalue weighted by molar-refractivity contribution is 6.74. The lowest BCUT2D eigenvalue weighted by Crippen LogP contribution is -2.56. The van der Waals surface area contributed by atoms with Crippen molar-refractivity contribution in [2.75, 3.05) is 39.4 Å². The molecule has 636 valence electrons. The molecule has 0 spiro atoms. The van der Waals surface area contributed by atoms with Crippen molar-refractivity contribution in [1.29, 1.82) is 0 Å². The Morgan fingerprint density at radius 3 is 1.29 bits per heavy atom. The summed E-state index contributed by atoms with van der Waals surface area (Å²) < 4.78 is 24.9. The molecule has 2 unspecified atom stereocenters. The monoisotopic (exact) mass is 1740 g/mol. The molecule has 4 heterocycles. The minimum atomic E-state index is -2.02. The third-order valence-corrected chi connectivity index (χ3v) is 30.5. The lowest BCUT2D eigenvalue weighted by atomic mass is 9.79. The van der Waals surface area contributed by atoms with Crippen LogP contribution in [0.2, 0.25) is 36.3 Å². The summed E-state index contributed by atoms with van der Waals surface area (Å²) in [7, 11) is -3.94. The molecule has 114 heavy (non-hydrogen) atoms. The van der Waals surface area contributed by atoms with Crippen LogP contribution in [0.5, 0.6) is 0 Å². The molecule has 0 saturated carbocycles. The van der Waals surface area contributed by atoms with Crippen LogP contribution < -0.4 is 16.0 Å². The predicted octanol–water partition coefficient (Wildman–Crippen LogP) is 17.7. The van der Waals surface area contributed by atoms with Crippen LogP contribution in [0, 0.1) is 40.4 Å². The van der Waals surface area contributed by atoms with E-state index >= 15 is 0 Å². The third-order valence-electron chi connectivity index (χ3n) is 20.7. The minimum absolute atomic E-state index is 0.00298. The number of hydrogen-bond donors (Lipinski definition) is 4. The summed E-state index contributed by atoms with van der Waals surface area (Å²) in [6.45, 7) is 49.1. The number of carboxylic acids is 1. The van der Waals surface area contributed by atoms with Gasteiger partial charge in [-0.1, -0.05) is 187 Å². The van der Waals surface area contributed by atoms with E-state index in [9.17, 15) is 48.3 Å². The number of benzene rings is 2. The SMILES string of the molecule is CC(C)[C@H](NC(=O)OC(C)(C)C)C(=O)N[C@@H](C)C(=O)N1CCC[C@@H](C(=O)OCC(Cl)(Cl)Cl)C1.CC(O[Si](C)(C)C(C)(C)C)c1ncc2ccc(/C=C/C(C)(C)C(=O)C[C@H](C(=O)N[C@@H](C)C(=O)N3CCC[C@@H](C(=O)OCC(Cl)(Cl)Cl)C3)C(C)C)cc2n1.CC(O[Si](C)(C)C(C)(C)C)c1ncc2ccc(/C=C/C(C)(C)C(=O)O)cc2n1. The molecule has 4 aromatic rings. The highest BCUT2D eigenvalue weighted by atomic mass is 35.6. The number of Topliss-reactive ketones (excluding diaryl/α,β-unsaturated/α-hetero) is 1. The van der Waals surface area contributed by atoms with E-state index in [0.717, 1.165) is 32.9 Å². The average Bonchev–Trinajstić information content (AvgIpc) is 0.815. The average molecular weight is 1740 g/mol. The molecule has 2 aromatic heterocycles. The van der Waals surface area contributed by atoms with E-state index < -0.39 is 106 Å². The molecule has 8 atom stereocenters. The largest absolute Gasteiger partial charge is 0.481 e. The molecule has 0 bridgehead atoms. The number of alkyl carbamates (subject to hydrolysis) is 1. The number of amides is 5. The second-order valence-corrected chi connectivity index (χ2v) is 50.1. The number of nitrogens with one attached hydrogen (secondary N) is 3. The number of aromatic nitrogens is 4. The zero-order valence-corrected chi connectivity index (χ0v) is 77.6. The molecule has 0 aliphatic carbocycles. The van der Waals surface area contributed by atoms with Crippen LogP contribution in [0.25, 0.3) is 34.0 Å². The quantitative estimate of drug-likeness (QED) is 0.0186. The van der Waals surface area contributed by atoms with Gasteiger partial charge in [-0.3, -0.25) is 38.4 Å². The maximum absolute atomic E-state index is 13.7. The highest BCUT2D eigenvalue weighted by Crippen LogP contribution is 2.41. The summed E-state index contributed by atoms with van der Waals surface area (Å²) in [6.07, 6.45) is 12.0. The number of rotatable bonds is 27. The summed E-state index contributed by atoms with van der Waals surface area (Å²) in [6, 6.07) is 9.11. The Balaban J connectivity index is 0.000000385. The van der Waals surface area contributed by atoms with Crippen molar-refractivity contribution in [2.45, 2.75) is 257 Å². The number of piperidine rings is 2. The van der Waals surface area contributed by atoms with Gasteiger partial charge >= 0.3 is 24.0 Å². The fourth-order valence-corrected chi connectivity index (χ4v) is 14.5. The fourth-order valence-electron chi connectivity index (χ4n) is 11.5. The number of fused-ring (bicyclic) bond motifs is 2. The molecule has 32 heteroatoms. The molecular formula is C82H123Cl6N9O15Si2. The summed E-state index contributed by atoms with van der Waals surface area (Å²) in [4.78, 5) is 136. The van der Waals surface area contributed by atoms with Gasteiger partial charge in [0.05, 0.1) is 28.3 Å². The van der Waals surface area contributed by atoms with E-state index in [1.807, 2.05) is 109 Å². The van der Waals surface area contributed by atoms with Gasteiger partial charge in [-0.2, -0.15) is 0 Å². The molecule has 4 N–H and O–H groups in total. The van der Waals surface area contributed by atoms with E-state index in [-0.39, 0.29) is 90.3 Å².